The minimum absolute atomic E-state index is 0.159. The van der Waals surface area contributed by atoms with Crippen molar-refractivity contribution < 1.29 is 0 Å². The van der Waals surface area contributed by atoms with Gasteiger partial charge in [0.1, 0.15) is 5.52 Å². The Hall–Kier alpha value is -2.13. The highest BCUT2D eigenvalue weighted by Crippen LogP contribution is 2.23. The minimum atomic E-state index is -0.159. The number of nitrogens with two attached hydrogens (primary N) is 1. The van der Waals surface area contributed by atoms with E-state index in [1.54, 1.807) is 4.57 Å². The second-order valence-electron chi connectivity index (χ2n) is 9.37. The van der Waals surface area contributed by atoms with Gasteiger partial charge < -0.3 is 20.9 Å². The zero-order chi connectivity index (χ0) is 22.3. The zero-order valence-electron chi connectivity index (χ0n) is 19.6. The Morgan fingerprint density at radius 1 is 1.03 bits per heavy atom. The molecule has 0 atom stereocenters. The van der Waals surface area contributed by atoms with E-state index in [-0.39, 0.29) is 5.69 Å². The van der Waals surface area contributed by atoms with E-state index in [0.717, 1.165) is 44.8 Å². The monoisotopic (exact) mass is 444 g/mol. The maximum atomic E-state index is 12.5. The third-order valence-corrected chi connectivity index (χ3v) is 7.07. The summed E-state index contributed by atoms with van der Waals surface area (Å²) in [6, 6.07) is 0.829. The smallest absolute Gasteiger partial charge is 0.327 e. The van der Waals surface area contributed by atoms with E-state index in [9.17, 15) is 4.79 Å². The minimum Gasteiger partial charge on any atom is -0.382 e. The lowest BCUT2D eigenvalue weighted by Gasteiger charge is -2.40. The Morgan fingerprint density at radius 2 is 1.78 bits per heavy atom. The quantitative estimate of drug-likeness (QED) is 0.484. The molecule has 2 fully saturated rings. The molecule has 1 aliphatic heterocycles. The Morgan fingerprint density at radius 3 is 2.53 bits per heavy atom. The zero-order valence-corrected chi connectivity index (χ0v) is 19.6. The van der Waals surface area contributed by atoms with E-state index < -0.39 is 0 Å². The predicted octanol–water partition coefficient (Wildman–Crippen LogP) is 2.64. The summed E-state index contributed by atoms with van der Waals surface area (Å²) < 4.78 is 1.71. The standard InChI is InChI=1S/C23H40N8O/c1-2-3-11-25-22-27-20(24)19-21(28-22)31(23(32)26-19)13-8-7-12-29-14-16-30(17-15-29)18-9-5-4-6-10-18/h18H,2-17H2,1H3,(H,26,32)(H3,24,25,27,28). The molecule has 1 saturated heterocycles. The highest BCUT2D eigenvalue weighted by Gasteiger charge is 2.24. The molecular formula is C23H40N8O. The molecule has 0 radical (unpaired) electrons. The number of imidazole rings is 1. The number of anilines is 2. The number of nitrogens with one attached hydrogen (secondary N) is 2. The van der Waals surface area contributed by atoms with Gasteiger partial charge in [0.05, 0.1) is 0 Å². The number of nitrogens with zero attached hydrogens (tertiary/aromatic N) is 5. The van der Waals surface area contributed by atoms with Crippen molar-refractivity contribution in [2.75, 3.05) is 50.3 Å². The van der Waals surface area contributed by atoms with Crippen molar-refractivity contribution >= 4 is 22.9 Å². The Bertz CT molecular complexity index is 909. The summed E-state index contributed by atoms with van der Waals surface area (Å²) in [4.78, 5) is 29.5. The molecule has 0 aromatic carbocycles. The van der Waals surface area contributed by atoms with Crippen molar-refractivity contribution in [1.29, 1.82) is 0 Å². The van der Waals surface area contributed by atoms with Crippen molar-refractivity contribution in [3.05, 3.63) is 10.5 Å². The summed E-state index contributed by atoms with van der Waals surface area (Å²) in [5, 5.41) is 3.21. The van der Waals surface area contributed by atoms with Crippen LogP contribution < -0.4 is 16.7 Å². The third kappa shape index (κ3) is 5.61. The average molecular weight is 445 g/mol. The van der Waals surface area contributed by atoms with E-state index in [4.69, 9.17) is 5.73 Å². The van der Waals surface area contributed by atoms with Crippen LogP contribution in [0.3, 0.4) is 0 Å². The van der Waals surface area contributed by atoms with Gasteiger partial charge in [-0.2, -0.15) is 9.97 Å². The highest BCUT2D eigenvalue weighted by molar-refractivity contribution is 5.82. The number of aromatic nitrogens is 4. The second-order valence-corrected chi connectivity index (χ2v) is 9.37. The molecule has 3 heterocycles. The van der Waals surface area contributed by atoms with Crippen LogP contribution >= 0.6 is 0 Å². The number of aromatic amines is 1. The number of aryl methyl sites for hydroxylation is 1. The molecule has 9 nitrogen and oxygen atoms in total. The van der Waals surface area contributed by atoms with Crippen molar-refractivity contribution in [2.45, 2.75) is 77.3 Å². The summed E-state index contributed by atoms with van der Waals surface area (Å²) in [5.74, 6) is 0.813. The van der Waals surface area contributed by atoms with E-state index in [2.05, 4.69) is 37.0 Å². The molecule has 0 bridgehead atoms. The highest BCUT2D eigenvalue weighted by atomic mass is 16.1. The maximum Gasteiger partial charge on any atom is 0.327 e. The number of nitrogen functional groups attached to an aromatic ring is 1. The Kier molecular flexibility index (Phi) is 8.02. The molecule has 4 rings (SSSR count). The first kappa shape index (κ1) is 23.0. The number of fused-ring (bicyclic) bond motifs is 1. The molecule has 1 aliphatic carbocycles. The fourth-order valence-corrected chi connectivity index (χ4v) is 5.12. The Labute approximate surface area is 190 Å². The molecule has 2 aliphatic rings. The summed E-state index contributed by atoms with van der Waals surface area (Å²) in [5.41, 5.74) is 7.05. The number of hydrogen-bond donors (Lipinski definition) is 3. The first-order chi connectivity index (χ1) is 15.7. The predicted molar refractivity (Wildman–Crippen MR) is 130 cm³/mol. The van der Waals surface area contributed by atoms with Crippen LogP contribution in [0, 0.1) is 0 Å². The van der Waals surface area contributed by atoms with Gasteiger partial charge in [-0.15, -0.1) is 0 Å². The molecular weight excluding hydrogens is 404 g/mol. The summed E-state index contributed by atoms with van der Waals surface area (Å²) in [6.07, 6.45) is 11.2. The maximum absolute atomic E-state index is 12.5. The fraction of sp³-hybridized carbons (Fsp3) is 0.783. The van der Waals surface area contributed by atoms with Crippen LogP contribution in [0.2, 0.25) is 0 Å². The average Bonchev–Trinajstić information content (AvgIpc) is 3.14. The number of rotatable bonds is 10. The van der Waals surface area contributed by atoms with Gasteiger partial charge in [0.15, 0.2) is 11.5 Å². The molecule has 0 spiro atoms. The lowest BCUT2D eigenvalue weighted by molar-refractivity contribution is 0.0780. The molecule has 9 heteroatoms. The lowest BCUT2D eigenvalue weighted by atomic mass is 9.94. The summed E-state index contributed by atoms with van der Waals surface area (Å²) >= 11 is 0. The van der Waals surface area contributed by atoms with Crippen LogP contribution in [-0.2, 0) is 6.54 Å². The molecule has 2 aromatic heterocycles. The molecule has 178 valence electrons. The van der Waals surface area contributed by atoms with Gasteiger partial charge in [0.2, 0.25) is 5.95 Å². The van der Waals surface area contributed by atoms with Gasteiger partial charge in [-0.05, 0) is 38.6 Å². The van der Waals surface area contributed by atoms with Crippen LogP contribution in [-0.4, -0.2) is 74.6 Å². The van der Waals surface area contributed by atoms with Crippen LogP contribution in [0.1, 0.15) is 64.7 Å². The van der Waals surface area contributed by atoms with E-state index in [1.165, 1.54) is 58.3 Å². The van der Waals surface area contributed by atoms with Gasteiger partial charge >= 0.3 is 5.69 Å². The topological polar surface area (TPSA) is 108 Å². The third-order valence-electron chi connectivity index (χ3n) is 7.07. The van der Waals surface area contributed by atoms with Gasteiger partial charge in [-0.1, -0.05) is 32.6 Å². The number of piperazine rings is 1. The van der Waals surface area contributed by atoms with Crippen LogP contribution in [0.4, 0.5) is 11.8 Å². The molecule has 1 saturated carbocycles. The first-order valence-electron chi connectivity index (χ1n) is 12.6. The van der Waals surface area contributed by atoms with Crippen LogP contribution in [0.15, 0.2) is 4.79 Å². The first-order valence-corrected chi connectivity index (χ1v) is 12.6. The fourth-order valence-electron chi connectivity index (χ4n) is 5.12. The van der Waals surface area contributed by atoms with Gasteiger partial charge in [0, 0.05) is 45.3 Å². The van der Waals surface area contributed by atoms with Crippen molar-refractivity contribution in [1.82, 2.24) is 29.3 Å². The molecule has 2 aromatic rings. The molecule has 0 amide bonds. The summed E-state index contributed by atoms with van der Waals surface area (Å²) in [6.45, 7) is 9.42. The second kappa shape index (κ2) is 11.1. The van der Waals surface area contributed by atoms with Gasteiger partial charge in [-0.3, -0.25) is 9.47 Å². The Balaban J connectivity index is 1.26. The van der Waals surface area contributed by atoms with E-state index >= 15 is 0 Å². The molecule has 32 heavy (non-hydrogen) atoms. The number of H-pyrrole nitrogens is 1. The molecule has 4 N–H and O–H groups in total. The van der Waals surface area contributed by atoms with E-state index in [1.807, 2.05) is 0 Å². The SMILES string of the molecule is CCCCNc1nc(N)c2[nH]c(=O)n(CCCCN3CCN(C4CCCCC4)CC3)c2n1. The van der Waals surface area contributed by atoms with Crippen molar-refractivity contribution in [2.24, 2.45) is 0 Å². The largest absolute Gasteiger partial charge is 0.382 e. The van der Waals surface area contributed by atoms with E-state index in [0.29, 0.717) is 29.5 Å². The van der Waals surface area contributed by atoms with Gasteiger partial charge in [-0.25, -0.2) is 4.79 Å². The number of hydrogen-bond acceptors (Lipinski definition) is 7. The van der Waals surface area contributed by atoms with Crippen LogP contribution in [0.25, 0.3) is 11.2 Å². The normalized spacial score (nSPS) is 19.0. The van der Waals surface area contributed by atoms with Crippen LogP contribution in [0.5, 0.6) is 0 Å². The molecule has 0 unspecified atom stereocenters. The number of unbranched alkanes of at least 4 members (excludes halogenated alkanes) is 2. The lowest BCUT2D eigenvalue weighted by Crippen LogP contribution is -2.50. The van der Waals surface area contributed by atoms with Gasteiger partial charge in [0.25, 0.3) is 0 Å². The summed E-state index contributed by atoms with van der Waals surface area (Å²) in [7, 11) is 0. The van der Waals surface area contributed by atoms with Crippen molar-refractivity contribution in [3.8, 4) is 0 Å². The van der Waals surface area contributed by atoms with Crippen molar-refractivity contribution in [3.63, 3.8) is 0 Å².